The van der Waals surface area contributed by atoms with Gasteiger partial charge in [-0.2, -0.15) is 0 Å². The number of rotatable bonds is 4. The lowest BCUT2D eigenvalue weighted by Gasteiger charge is -2.15. The van der Waals surface area contributed by atoms with E-state index in [1.54, 1.807) is 30.0 Å². The third-order valence-corrected chi connectivity index (χ3v) is 3.53. The third kappa shape index (κ3) is 2.97. The molecule has 5 heteroatoms. The van der Waals surface area contributed by atoms with Gasteiger partial charge in [-0.1, -0.05) is 11.6 Å². The van der Waals surface area contributed by atoms with Gasteiger partial charge in [0, 0.05) is 34.1 Å². The molecule has 90 valence electrons. The zero-order chi connectivity index (χ0) is 12.3. The Hall–Kier alpha value is -1.10. The minimum absolute atomic E-state index is 0.135. The lowest BCUT2D eigenvalue weighted by molar-refractivity contribution is 0.405. The van der Waals surface area contributed by atoms with Crippen molar-refractivity contribution < 1.29 is 4.74 Å². The van der Waals surface area contributed by atoms with Crippen molar-refractivity contribution >= 4 is 22.9 Å². The van der Waals surface area contributed by atoms with Gasteiger partial charge in [-0.15, -0.1) is 11.3 Å². The second kappa shape index (κ2) is 5.49. The summed E-state index contributed by atoms with van der Waals surface area (Å²) in [5, 5.41) is 0.667. The molecule has 2 N–H and O–H groups in total. The van der Waals surface area contributed by atoms with Crippen molar-refractivity contribution in [1.29, 1.82) is 0 Å². The van der Waals surface area contributed by atoms with E-state index in [9.17, 15) is 0 Å². The molecule has 1 atom stereocenters. The Morgan fingerprint density at radius 1 is 1.53 bits per heavy atom. The highest BCUT2D eigenvalue weighted by Crippen LogP contribution is 2.29. The molecule has 0 radical (unpaired) electrons. The van der Waals surface area contributed by atoms with Crippen molar-refractivity contribution in [2.45, 2.75) is 12.5 Å². The number of hydrogen-bond donors (Lipinski definition) is 1. The topological polar surface area (TPSA) is 48.1 Å². The molecular weight excluding hydrogens is 256 g/mol. The normalized spacial score (nSPS) is 12.4. The molecule has 3 nitrogen and oxygen atoms in total. The van der Waals surface area contributed by atoms with Gasteiger partial charge in [0.05, 0.1) is 12.6 Å². The SMILES string of the molecule is COc1ccc(Cl)cc1C(N)Cc1cncs1. The first-order valence-corrected chi connectivity index (χ1v) is 6.43. The summed E-state index contributed by atoms with van der Waals surface area (Å²) in [7, 11) is 1.63. The quantitative estimate of drug-likeness (QED) is 0.927. The number of aromatic nitrogens is 1. The molecule has 1 unspecified atom stereocenters. The molecule has 2 aromatic rings. The number of thiazole rings is 1. The van der Waals surface area contributed by atoms with Gasteiger partial charge in [0.2, 0.25) is 0 Å². The highest BCUT2D eigenvalue weighted by molar-refractivity contribution is 7.09. The smallest absolute Gasteiger partial charge is 0.123 e. The van der Waals surface area contributed by atoms with Crippen LogP contribution in [0.25, 0.3) is 0 Å². The molecule has 0 spiro atoms. The number of ether oxygens (including phenoxy) is 1. The Bertz CT molecular complexity index is 487. The lowest BCUT2D eigenvalue weighted by Crippen LogP contribution is -2.14. The second-order valence-corrected chi connectivity index (χ2v) is 5.07. The maximum Gasteiger partial charge on any atom is 0.123 e. The number of methoxy groups -OCH3 is 1. The van der Waals surface area contributed by atoms with Crippen LogP contribution in [0.15, 0.2) is 29.9 Å². The molecule has 1 heterocycles. The van der Waals surface area contributed by atoms with E-state index >= 15 is 0 Å². The second-order valence-electron chi connectivity index (χ2n) is 3.66. The summed E-state index contributed by atoms with van der Waals surface area (Å²) >= 11 is 7.58. The summed E-state index contributed by atoms with van der Waals surface area (Å²) in [6.07, 6.45) is 2.57. The fraction of sp³-hybridized carbons (Fsp3) is 0.250. The lowest BCUT2D eigenvalue weighted by atomic mass is 10.0. The van der Waals surface area contributed by atoms with Crippen molar-refractivity contribution in [1.82, 2.24) is 4.98 Å². The summed E-state index contributed by atoms with van der Waals surface area (Å²) in [6, 6.07) is 5.35. The summed E-state index contributed by atoms with van der Waals surface area (Å²) in [6.45, 7) is 0. The molecular formula is C12H13ClN2OS. The summed E-state index contributed by atoms with van der Waals surface area (Å²) in [4.78, 5) is 5.19. The molecule has 2 rings (SSSR count). The van der Waals surface area contributed by atoms with Gasteiger partial charge >= 0.3 is 0 Å². The zero-order valence-corrected chi connectivity index (χ0v) is 11.0. The van der Waals surface area contributed by atoms with Gasteiger partial charge in [-0.25, -0.2) is 0 Å². The Labute approximate surface area is 109 Å². The van der Waals surface area contributed by atoms with Crippen LogP contribution in [0.1, 0.15) is 16.5 Å². The molecule has 0 aliphatic carbocycles. The molecule has 1 aromatic heterocycles. The van der Waals surface area contributed by atoms with Crippen molar-refractivity contribution in [3.8, 4) is 5.75 Å². The standard InChI is InChI=1S/C12H13ClN2OS/c1-16-12-3-2-8(13)4-10(12)11(14)5-9-6-15-7-17-9/h2-4,6-7,11H,5,14H2,1H3. The Kier molecular flexibility index (Phi) is 3.99. The van der Waals surface area contributed by atoms with E-state index in [2.05, 4.69) is 4.98 Å². The van der Waals surface area contributed by atoms with Crippen LogP contribution in [0.5, 0.6) is 5.75 Å². The summed E-state index contributed by atoms with van der Waals surface area (Å²) in [5.41, 5.74) is 8.90. The predicted octanol–water partition coefficient (Wildman–Crippen LogP) is 3.05. The largest absolute Gasteiger partial charge is 0.496 e. The zero-order valence-electron chi connectivity index (χ0n) is 9.39. The predicted molar refractivity (Wildman–Crippen MR) is 70.8 cm³/mol. The highest BCUT2D eigenvalue weighted by atomic mass is 35.5. The maximum atomic E-state index is 6.17. The monoisotopic (exact) mass is 268 g/mol. The molecule has 0 fully saturated rings. The molecule has 0 aliphatic rings. The minimum Gasteiger partial charge on any atom is -0.496 e. The Morgan fingerprint density at radius 2 is 2.35 bits per heavy atom. The summed E-state index contributed by atoms with van der Waals surface area (Å²) in [5.74, 6) is 0.770. The third-order valence-electron chi connectivity index (χ3n) is 2.50. The van der Waals surface area contributed by atoms with Crippen molar-refractivity contribution in [2.75, 3.05) is 7.11 Å². The molecule has 1 aromatic carbocycles. The number of nitrogens with two attached hydrogens (primary N) is 1. The van der Waals surface area contributed by atoms with Gasteiger partial charge in [0.1, 0.15) is 5.75 Å². The van der Waals surface area contributed by atoms with Crippen LogP contribution in [0.2, 0.25) is 5.02 Å². The van der Waals surface area contributed by atoms with Crippen LogP contribution in [0.3, 0.4) is 0 Å². The first kappa shape index (κ1) is 12.4. The average Bonchev–Trinajstić information content (AvgIpc) is 2.81. The van der Waals surface area contributed by atoms with Crippen molar-refractivity contribution in [3.63, 3.8) is 0 Å². The molecule has 0 saturated heterocycles. The van der Waals surface area contributed by atoms with E-state index in [1.807, 2.05) is 18.3 Å². The van der Waals surface area contributed by atoms with Crippen LogP contribution in [0, 0.1) is 0 Å². The van der Waals surface area contributed by atoms with E-state index < -0.39 is 0 Å². The van der Waals surface area contributed by atoms with E-state index in [1.165, 1.54) is 0 Å². The average molecular weight is 269 g/mol. The van der Waals surface area contributed by atoms with E-state index in [0.29, 0.717) is 5.02 Å². The van der Waals surface area contributed by atoms with Crippen LogP contribution < -0.4 is 10.5 Å². The molecule has 0 amide bonds. The first-order chi connectivity index (χ1) is 8.20. The highest BCUT2D eigenvalue weighted by Gasteiger charge is 2.13. The summed E-state index contributed by atoms with van der Waals surface area (Å²) < 4.78 is 5.29. The van der Waals surface area contributed by atoms with Gasteiger partial charge in [0.25, 0.3) is 0 Å². The fourth-order valence-corrected chi connectivity index (χ4v) is 2.50. The van der Waals surface area contributed by atoms with Crippen LogP contribution >= 0.6 is 22.9 Å². The van der Waals surface area contributed by atoms with Crippen LogP contribution in [0.4, 0.5) is 0 Å². The van der Waals surface area contributed by atoms with Crippen LogP contribution in [-0.2, 0) is 6.42 Å². The Balaban J connectivity index is 2.23. The number of benzene rings is 1. The van der Waals surface area contributed by atoms with Crippen LogP contribution in [-0.4, -0.2) is 12.1 Å². The van der Waals surface area contributed by atoms with Gasteiger partial charge in [0.15, 0.2) is 0 Å². The van der Waals surface area contributed by atoms with E-state index in [4.69, 9.17) is 22.1 Å². The van der Waals surface area contributed by atoms with Gasteiger partial charge in [-0.05, 0) is 18.2 Å². The minimum atomic E-state index is -0.135. The molecule has 17 heavy (non-hydrogen) atoms. The van der Waals surface area contributed by atoms with E-state index in [0.717, 1.165) is 22.6 Å². The molecule has 0 bridgehead atoms. The number of halogens is 1. The maximum absolute atomic E-state index is 6.17. The fourth-order valence-electron chi connectivity index (χ4n) is 1.66. The van der Waals surface area contributed by atoms with E-state index in [-0.39, 0.29) is 6.04 Å². The van der Waals surface area contributed by atoms with Crippen molar-refractivity contribution in [3.05, 3.63) is 45.4 Å². The molecule has 0 aliphatic heterocycles. The Morgan fingerprint density at radius 3 is 3.00 bits per heavy atom. The van der Waals surface area contributed by atoms with Gasteiger partial charge < -0.3 is 10.5 Å². The van der Waals surface area contributed by atoms with Gasteiger partial charge in [-0.3, -0.25) is 4.98 Å². The first-order valence-electron chi connectivity index (χ1n) is 5.17. The number of nitrogens with zero attached hydrogens (tertiary/aromatic N) is 1. The molecule has 0 saturated carbocycles. The van der Waals surface area contributed by atoms with Crippen molar-refractivity contribution in [2.24, 2.45) is 5.73 Å². The number of hydrogen-bond acceptors (Lipinski definition) is 4.